The van der Waals surface area contributed by atoms with Gasteiger partial charge in [-0.15, -0.1) is 11.8 Å². The molecule has 0 saturated carbocycles. The van der Waals surface area contributed by atoms with Gasteiger partial charge in [0.2, 0.25) is 0 Å². The number of piperidine rings is 1. The third-order valence-corrected chi connectivity index (χ3v) is 5.55. The number of nitrogens with zero attached hydrogens (tertiary/aromatic N) is 2. The number of hydrogen-bond acceptors (Lipinski definition) is 4. The molecule has 3 aliphatic heterocycles. The van der Waals surface area contributed by atoms with Gasteiger partial charge in [-0.05, 0) is 25.7 Å². The first-order chi connectivity index (χ1) is 7.92. The molecule has 0 radical (unpaired) electrons. The van der Waals surface area contributed by atoms with Crippen molar-refractivity contribution in [3.05, 3.63) is 0 Å². The van der Waals surface area contributed by atoms with Gasteiger partial charge >= 0.3 is 0 Å². The average molecular weight is 241 g/mol. The number of thioether (sulfide) groups is 1. The van der Waals surface area contributed by atoms with Crippen LogP contribution in [0.3, 0.4) is 0 Å². The Hall–Kier alpha value is 0.230. The van der Waals surface area contributed by atoms with E-state index in [-0.39, 0.29) is 5.12 Å². The highest BCUT2D eigenvalue weighted by atomic mass is 32.2. The molecule has 92 valence electrons. The molecule has 3 aliphatic rings. The molecule has 0 amide bonds. The van der Waals surface area contributed by atoms with Gasteiger partial charge in [-0.25, -0.2) is 0 Å². The first-order valence-corrected chi connectivity index (χ1v) is 7.79. The summed E-state index contributed by atoms with van der Waals surface area (Å²) in [4.78, 5) is 5.40. The Kier molecular flexibility index (Phi) is 3.43. The zero-order chi connectivity index (χ0) is 10.8. The van der Waals surface area contributed by atoms with Gasteiger partial charge in [0.15, 0.2) is 5.12 Å². The van der Waals surface area contributed by atoms with Crippen molar-refractivity contribution in [2.45, 2.75) is 37.2 Å². The normalized spacial score (nSPS) is 38.2. The predicted octanol–water partition coefficient (Wildman–Crippen LogP) is 1.52. The van der Waals surface area contributed by atoms with Crippen molar-refractivity contribution >= 4 is 11.8 Å². The second kappa shape index (κ2) is 4.84. The van der Waals surface area contributed by atoms with Crippen molar-refractivity contribution in [1.29, 1.82) is 0 Å². The standard InChI is InChI=1S/C12H23N3S/c1-2-7-14(8-3-1)12(13-6-11-16-12)15-9-4-5-10-15/h13H,1-11H2. The second-order valence-corrected chi connectivity index (χ2v) is 6.39. The van der Waals surface area contributed by atoms with Crippen LogP contribution >= 0.6 is 11.8 Å². The van der Waals surface area contributed by atoms with Crippen molar-refractivity contribution in [3.8, 4) is 0 Å². The zero-order valence-corrected chi connectivity index (χ0v) is 10.9. The summed E-state index contributed by atoms with van der Waals surface area (Å²) < 4.78 is 0. The van der Waals surface area contributed by atoms with Crippen LogP contribution in [0.25, 0.3) is 0 Å². The molecule has 0 bridgehead atoms. The van der Waals surface area contributed by atoms with Gasteiger partial charge in [-0.3, -0.25) is 15.1 Å². The van der Waals surface area contributed by atoms with Gasteiger partial charge in [0.05, 0.1) is 0 Å². The van der Waals surface area contributed by atoms with Crippen LogP contribution in [0, 0.1) is 0 Å². The smallest absolute Gasteiger partial charge is 0.178 e. The van der Waals surface area contributed by atoms with Gasteiger partial charge in [0.25, 0.3) is 0 Å². The third-order valence-electron chi connectivity index (χ3n) is 4.08. The highest BCUT2D eigenvalue weighted by Gasteiger charge is 2.46. The van der Waals surface area contributed by atoms with E-state index in [0.29, 0.717) is 0 Å². The van der Waals surface area contributed by atoms with Crippen LogP contribution in [-0.2, 0) is 0 Å². The minimum atomic E-state index is 0.178. The Balaban J connectivity index is 1.77. The van der Waals surface area contributed by atoms with E-state index < -0.39 is 0 Å². The third kappa shape index (κ3) is 1.90. The summed E-state index contributed by atoms with van der Waals surface area (Å²) in [5.41, 5.74) is 0. The molecule has 0 aromatic carbocycles. The van der Waals surface area contributed by atoms with E-state index in [0.717, 1.165) is 0 Å². The minimum absolute atomic E-state index is 0.178. The second-order valence-electron chi connectivity index (χ2n) is 5.13. The Bertz CT molecular complexity index is 228. The zero-order valence-electron chi connectivity index (χ0n) is 10.1. The quantitative estimate of drug-likeness (QED) is 0.790. The summed E-state index contributed by atoms with van der Waals surface area (Å²) >= 11 is 2.13. The van der Waals surface area contributed by atoms with Gasteiger partial charge in [-0.2, -0.15) is 0 Å². The molecule has 1 atom stereocenters. The monoisotopic (exact) mass is 241 g/mol. The van der Waals surface area contributed by atoms with Gasteiger partial charge in [-0.1, -0.05) is 6.42 Å². The van der Waals surface area contributed by atoms with E-state index in [2.05, 4.69) is 26.9 Å². The van der Waals surface area contributed by atoms with Crippen LogP contribution in [0.15, 0.2) is 0 Å². The largest absolute Gasteiger partial charge is 0.277 e. The maximum absolute atomic E-state index is 3.80. The highest BCUT2D eigenvalue weighted by molar-refractivity contribution is 8.00. The van der Waals surface area contributed by atoms with Gasteiger partial charge in [0.1, 0.15) is 0 Å². The topological polar surface area (TPSA) is 18.5 Å². The maximum Gasteiger partial charge on any atom is 0.178 e. The van der Waals surface area contributed by atoms with E-state index in [4.69, 9.17) is 0 Å². The fraction of sp³-hybridized carbons (Fsp3) is 1.00. The molecule has 0 aromatic rings. The number of nitrogens with one attached hydrogen (secondary N) is 1. The number of rotatable bonds is 2. The van der Waals surface area contributed by atoms with Crippen LogP contribution in [-0.4, -0.2) is 53.4 Å². The first-order valence-electron chi connectivity index (χ1n) is 6.81. The summed E-state index contributed by atoms with van der Waals surface area (Å²) in [6.45, 7) is 6.33. The van der Waals surface area contributed by atoms with Crippen molar-refractivity contribution in [1.82, 2.24) is 15.1 Å². The van der Waals surface area contributed by atoms with Crippen LogP contribution in [0.4, 0.5) is 0 Å². The Labute approximate surface area is 103 Å². The fourth-order valence-corrected chi connectivity index (χ4v) is 4.70. The average Bonchev–Trinajstić information content (AvgIpc) is 3.02. The van der Waals surface area contributed by atoms with Gasteiger partial charge in [0, 0.05) is 38.5 Å². The van der Waals surface area contributed by atoms with E-state index >= 15 is 0 Å². The predicted molar refractivity (Wildman–Crippen MR) is 69.4 cm³/mol. The molecular weight excluding hydrogens is 218 g/mol. The van der Waals surface area contributed by atoms with Crippen molar-refractivity contribution < 1.29 is 0 Å². The van der Waals surface area contributed by atoms with Crippen LogP contribution < -0.4 is 5.32 Å². The Morgan fingerprint density at radius 3 is 1.88 bits per heavy atom. The minimum Gasteiger partial charge on any atom is -0.277 e. The lowest BCUT2D eigenvalue weighted by Gasteiger charge is -2.47. The van der Waals surface area contributed by atoms with E-state index in [9.17, 15) is 0 Å². The van der Waals surface area contributed by atoms with Crippen molar-refractivity contribution in [2.24, 2.45) is 0 Å². The lowest BCUT2D eigenvalue weighted by molar-refractivity contribution is -0.00303. The Morgan fingerprint density at radius 1 is 0.812 bits per heavy atom. The molecule has 3 fully saturated rings. The van der Waals surface area contributed by atoms with Crippen LogP contribution in [0.1, 0.15) is 32.1 Å². The Morgan fingerprint density at radius 2 is 1.38 bits per heavy atom. The summed E-state index contributed by atoms with van der Waals surface area (Å²) in [7, 11) is 0. The highest BCUT2D eigenvalue weighted by Crippen LogP contribution is 2.38. The summed E-state index contributed by atoms with van der Waals surface area (Å²) in [6, 6.07) is 0. The molecule has 16 heavy (non-hydrogen) atoms. The molecule has 1 unspecified atom stereocenters. The molecule has 1 N–H and O–H groups in total. The fourth-order valence-electron chi connectivity index (χ4n) is 3.28. The molecule has 0 aromatic heterocycles. The SMILES string of the molecule is C1CCN(C2(N3CCCC3)NCCS2)CC1. The first kappa shape index (κ1) is 11.3. The van der Waals surface area contributed by atoms with E-state index in [1.807, 2.05) is 0 Å². The molecular formula is C12H23N3S. The van der Waals surface area contributed by atoms with Crippen molar-refractivity contribution in [2.75, 3.05) is 38.5 Å². The van der Waals surface area contributed by atoms with Gasteiger partial charge < -0.3 is 0 Å². The molecule has 3 saturated heterocycles. The molecule has 0 aliphatic carbocycles. The molecule has 3 nitrogen and oxygen atoms in total. The lowest BCUT2D eigenvalue weighted by Crippen LogP contribution is -2.64. The lowest BCUT2D eigenvalue weighted by atomic mass is 10.1. The summed E-state index contributed by atoms with van der Waals surface area (Å²) in [5.74, 6) is 1.27. The molecule has 3 heterocycles. The summed E-state index contributed by atoms with van der Waals surface area (Å²) in [6.07, 6.45) is 6.97. The summed E-state index contributed by atoms with van der Waals surface area (Å²) in [5, 5.41) is 3.97. The van der Waals surface area contributed by atoms with Crippen molar-refractivity contribution in [3.63, 3.8) is 0 Å². The van der Waals surface area contributed by atoms with Crippen LogP contribution in [0.2, 0.25) is 0 Å². The molecule has 3 rings (SSSR count). The molecule has 0 spiro atoms. The molecule has 4 heteroatoms. The maximum atomic E-state index is 3.80. The number of likely N-dealkylation sites (tertiary alicyclic amines) is 2. The van der Waals surface area contributed by atoms with E-state index in [1.165, 1.54) is 70.6 Å². The van der Waals surface area contributed by atoms with E-state index in [1.54, 1.807) is 0 Å². The van der Waals surface area contributed by atoms with Crippen LogP contribution in [0.5, 0.6) is 0 Å². The number of hydrogen-bond donors (Lipinski definition) is 1.